The Hall–Kier alpha value is -4.28. The van der Waals surface area contributed by atoms with E-state index in [1.54, 1.807) is 10.9 Å². The molecule has 1 unspecified atom stereocenters. The molecule has 0 saturated carbocycles. The molecule has 0 radical (unpaired) electrons. The Morgan fingerprint density at radius 1 is 0.784 bits per heavy atom. The number of methoxy groups -OCH3 is 1. The van der Waals surface area contributed by atoms with Crippen molar-refractivity contribution >= 4 is 23.2 Å². The minimum atomic E-state index is -2.58. The molecule has 0 N–H and O–H groups in total. The van der Waals surface area contributed by atoms with Crippen LogP contribution in [0.4, 0.5) is 0 Å². The van der Waals surface area contributed by atoms with Gasteiger partial charge in [-0.05, 0) is 54.3 Å². The fraction of sp³-hybridized carbons (Fsp3) is 0.100. The first-order valence-electron chi connectivity index (χ1n) is 12.0. The molecule has 1 aromatic heterocycles. The number of benzene rings is 4. The summed E-state index contributed by atoms with van der Waals surface area (Å²) in [5.41, 5.74) is 1.09. The fourth-order valence-corrected chi connectivity index (χ4v) is 9.13. The van der Waals surface area contributed by atoms with Gasteiger partial charge in [0.15, 0.2) is 5.82 Å². The number of tetrazole rings is 1. The first-order valence-corrected chi connectivity index (χ1v) is 13.9. The summed E-state index contributed by atoms with van der Waals surface area (Å²) in [6.45, 7) is 0. The molecule has 0 bridgehead atoms. The first-order chi connectivity index (χ1) is 18.2. The van der Waals surface area contributed by atoms with E-state index < -0.39 is 19.0 Å². The number of hydrogen-bond acceptors (Lipinski definition) is 5. The van der Waals surface area contributed by atoms with Gasteiger partial charge >= 0.3 is 0 Å². The van der Waals surface area contributed by atoms with Crippen molar-refractivity contribution in [2.75, 3.05) is 7.11 Å². The highest BCUT2D eigenvalue weighted by Crippen LogP contribution is 2.65. The predicted molar refractivity (Wildman–Crippen MR) is 146 cm³/mol. The third-order valence-corrected chi connectivity index (χ3v) is 10.8. The van der Waals surface area contributed by atoms with Gasteiger partial charge in [0, 0.05) is 12.5 Å². The molecule has 7 heteroatoms. The largest absolute Gasteiger partial charge is 0.617 e. The molecule has 0 amide bonds. The Morgan fingerprint density at radius 3 is 1.70 bits per heavy atom. The average molecular weight is 507 g/mol. The van der Waals surface area contributed by atoms with Crippen molar-refractivity contribution in [1.82, 2.24) is 20.2 Å². The van der Waals surface area contributed by atoms with E-state index >= 15 is 0 Å². The minimum Gasteiger partial charge on any atom is -0.617 e. The molecule has 0 fully saturated rings. The molecule has 0 aliphatic rings. The quantitative estimate of drug-likeness (QED) is 0.226. The summed E-state index contributed by atoms with van der Waals surface area (Å²) in [5, 5.41) is 29.9. The van der Waals surface area contributed by atoms with Crippen LogP contribution < -0.4 is 21.0 Å². The van der Waals surface area contributed by atoms with Crippen LogP contribution in [0.25, 0.3) is 0 Å². The second-order valence-electron chi connectivity index (χ2n) is 8.52. The molecule has 1 heterocycles. The molecule has 5 rings (SSSR count). The van der Waals surface area contributed by atoms with E-state index in [-0.39, 0.29) is 0 Å². The first kappa shape index (κ1) is 24.4. The number of ether oxygens (including phenoxy) is 1. The maximum absolute atomic E-state index is 12.9. The lowest BCUT2D eigenvalue weighted by Gasteiger charge is -2.32. The summed E-state index contributed by atoms with van der Waals surface area (Å²) in [5.74, 6) is -0.426. The lowest BCUT2D eigenvalue weighted by molar-refractivity contribution is -0.353. The number of rotatable bonds is 9. The Kier molecular flexibility index (Phi) is 7.38. The summed E-state index contributed by atoms with van der Waals surface area (Å²) < 4.78 is 5.14. The summed E-state index contributed by atoms with van der Waals surface area (Å²) in [7, 11) is -1.19. The molecule has 0 spiro atoms. The van der Waals surface area contributed by atoms with E-state index in [1.807, 2.05) is 84.9 Å². The highest BCUT2D eigenvalue weighted by Gasteiger charge is 2.54. The Morgan fingerprint density at radius 2 is 1.24 bits per heavy atom. The van der Waals surface area contributed by atoms with Gasteiger partial charge in [-0.1, -0.05) is 84.9 Å². The van der Waals surface area contributed by atoms with Gasteiger partial charge in [-0.25, -0.2) is 0 Å². The molecule has 5 aromatic rings. The second-order valence-corrected chi connectivity index (χ2v) is 12.0. The van der Waals surface area contributed by atoms with Crippen molar-refractivity contribution in [3.63, 3.8) is 0 Å². The summed E-state index contributed by atoms with van der Waals surface area (Å²) in [6.07, 6.45) is 2.13. The van der Waals surface area contributed by atoms with E-state index in [0.29, 0.717) is 12.2 Å². The Labute approximate surface area is 217 Å². The molecule has 4 aromatic carbocycles. The van der Waals surface area contributed by atoms with E-state index in [0.717, 1.165) is 21.5 Å². The van der Waals surface area contributed by atoms with Crippen LogP contribution in [0, 0.1) is 0 Å². The Balaban J connectivity index is 1.77. The van der Waals surface area contributed by atoms with Crippen LogP contribution in [0.2, 0.25) is 0 Å². The van der Waals surface area contributed by atoms with Crippen LogP contribution in [-0.2, 0) is 11.2 Å². The second kappa shape index (κ2) is 11.2. The molecule has 0 aliphatic carbocycles. The fourth-order valence-electron chi connectivity index (χ4n) is 4.63. The van der Waals surface area contributed by atoms with Crippen molar-refractivity contribution in [2.24, 2.45) is 0 Å². The zero-order valence-electron chi connectivity index (χ0n) is 20.5. The maximum Gasteiger partial charge on any atom is 0.214 e. The molecule has 184 valence electrons. The summed E-state index contributed by atoms with van der Waals surface area (Å²) >= 11 is 0. The monoisotopic (exact) mass is 506 g/mol. The number of aromatic nitrogens is 4. The highest BCUT2D eigenvalue weighted by atomic mass is 31.2. The van der Waals surface area contributed by atoms with E-state index in [1.165, 1.54) is 7.11 Å². The lowest BCUT2D eigenvalue weighted by atomic mass is 10.1. The van der Waals surface area contributed by atoms with Crippen molar-refractivity contribution in [3.8, 4) is 0 Å². The van der Waals surface area contributed by atoms with E-state index in [4.69, 9.17) is 9.84 Å². The van der Waals surface area contributed by atoms with Gasteiger partial charge < -0.3 is 9.84 Å². The molecule has 0 aliphatic heterocycles. The zero-order chi connectivity index (χ0) is 25.5. The molecule has 0 saturated heterocycles. The van der Waals surface area contributed by atoms with Gasteiger partial charge in [0.1, 0.15) is 23.2 Å². The third kappa shape index (κ3) is 5.02. The van der Waals surface area contributed by atoms with Gasteiger partial charge in [-0.2, -0.15) is 0 Å². The van der Waals surface area contributed by atoms with Crippen molar-refractivity contribution < 1.29 is 9.84 Å². The van der Waals surface area contributed by atoms with Crippen LogP contribution in [0.1, 0.15) is 17.2 Å². The average Bonchev–Trinajstić information content (AvgIpc) is 3.43. The predicted octanol–water partition coefficient (Wildman–Crippen LogP) is 3.60. The van der Waals surface area contributed by atoms with Gasteiger partial charge in [0.05, 0.1) is 5.95 Å². The van der Waals surface area contributed by atoms with Crippen molar-refractivity contribution in [2.45, 2.75) is 12.2 Å². The standard InChI is InChI=1S/C30H27N4O2P/c1-36-30(35)23-29(34-32-28(31-33-34)22-24-14-6-2-7-15-24)37(25-16-8-3-9-17-25,26-18-10-4-11-19-26)27-20-12-5-13-21-27/h2-21,23,29H,22H2,1H3/b30-23-. The van der Waals surface area contributed by atoms with Crippen LogP contribution >= 0.6 is 7.26 Å². The molecular formula is C30H27N4O2P. The number of nitrogens with zero attached hydrogens (tertiary/aromatic N) is 4. The van der Waals surface area contributed by atoms with Crippen LogP contribution in [0.3, 0.4) is 0 Å². The zero-order valence-corrected chi connectivity index (χ0v) is 21.4. The van der Waals surface area contributed by atoms with Crippen LogP contribution in [0.5, 0.6) is 0 Å². The van der Waals surface area contributed by atoms with Gasteiger partial charge in [0.25, 0.3) is 0 Å². The van der Waals surface area contributed by atoms with Gasteiger partial charge in [-0.3, -0.25) is 0 Å². The molecule has 1 atom stereocenters. The van der Waals surface area contributed by atoms with Crippen molar-refractivity contribution in [1.29, 1.82) is 0 Å². The van der Waals surface area contributed by atoms with Crippen LogP contribution in [-0.4, -0.2) is 27.3 Å². The van der Waals surface area contributed by atoms with E-state index in [9.17, 15) is 5.11 Å². The maximum atomic E-state index is 12.9. The smallest absolute Gasteiger partial charge is 0.214 e. The Bertz CT molecular complexity index is 1350. The molecular weight excluding hydrogens is 479 g/mol. The normalized spacial score (nSPS) is 12.7. The van der Waals surface area contributed by atoms with Gasteiger partial charge in [0.2, 0.25) is 5.78 Å². The van der Waals surface area contributed by atoms with Crippen LogP contribution in [0.15, 0.2) is 133 Å². The topological polar surface area (TPSA) is 75.9 Å². The summed E-state index contributed by atoms with van der Waals surface area (Å²) in [4.78, 5) is 1.59. The van der Waals surface area contributed by atoms with Crippen molar-refractivity contribution in [3.05, 3.63) is 145 Å². The molecule has 37 heavy (non-hydrogen) atoms. The summed E-state index contributed by atoms with van der Waals surface area (Å²) in [6, 6.07) is 40.9. The molecule has 6 nitrogen and oxygen atoms in total. The lowest BCUT2D eigenvalue weighted by Crippen LogP contribution is -2.38. The number of hydrogen-bond donors (Lipinski definition) is 0. The SMILES string of the molecule is CO/C([O-])=C\C(n1nnc(Cc2ccccc2)n1)[P+](c1ccccc1)(c1ccccc1)c1ccccc1. The third-order valence-electron chi connectivity index (χ3n) is 6.28. The number of allylic oxidation sites excluding steroid dienone is 1. The highest BCUT2D eigenvalue weighted by molar-refractivity contribution is 7.95. The van der Waals surface area contributed by atoms with E-state index in [2.05, 4.69) is 46.7 Å². The van der Waals surface area contributed by atoms with Gasteiger partial charge in [-0.15, -0.1) is 15.0 Å². The minimum absolute atomic E-state index is 0.445.